The zero-order chi connectivity index (χ0) is 18.1. The molecule has 0 aliphatic rings. The monoisotopic (exact) mass is 493 g/mol. The number of hydrogen-bond acceptors (Lipinski definition) is 5. The highest BCUT2D eigenvalue weighted by Gasteiger charge is 2.13. The lowest BCUT2D eigenvalue weighted by atomic mass is 10.1. The molecule has 0 fully saturated rings. The van der Waals surface area contributed by atoms with E-state index < -0.39 is 0 Å². The van der Waals surface area contributed by atoms with Gasteiger partial charge in [-0.3, -0.25) is 4.99 Å². The summed E-state index contributed by atoms with van der Waals surface area (Å²) in [6, 6.07) is 3.48. The SMILES string of the molecule is CCc1noc(CC)c1CNC(=NC)NCCOc1ccc(Cl)cn1.I. The molecule has 2 N–H and O–H groups in total. The second-order valence-electron chi connectivity index (χ2n) is 5.25. The lowest BCUT2D eigenvalue weighted by Crippen LogP contribution is -2.39. The van der Waals surface area contributed by atoms with Crippen LogP contribution < -0.4 is 15.4 Å². The van der Waals surface area contributed by atoms with E-state index in [9.17, 15) is 0 Å². The Balaban J connectivity index is 0.00000338. The molecule has 2 aromatic heterocycles. The van der Waals surface area contributed by atoms with E-state index in [-0.39, 0.29) is 24.0 Å². The molecule has 2 aromatic rings. The van der Waals surface area contributed by atoms with E-state index in [2.05, 4.69) is 39.6 Å². The molecule has 0 aliphatic carbocycles. The summed E-state index contributed by atoms with van der Waals surface area (Å²) >= 11 is 5.79. The van der Waals surface area contributed by atoms with Gasteiger partial charge in [-0.1, -0.05) is 30.6 Å². The average Bonchev–Trinajstić information content (AvgIpc) is 3.04. The van der Waals surface area contributed by atoms with Crippen LogP contribution in [-0.2, 0) is 19.4 Å². The second kappa shape index (κ2) is 11.9. The van der Waals surface area contributed by atoms with Gasteiger partial charge in [-0.25, -0.2) is 4.98 Å². The van der Waals surface area contributed by atoms with Crippen molar-refractivity contribution in [2.45, 2.75) is 33.2 Å². The summed E-state index contributed by atoms with van der Waals surface area (Å²) in [4.78, 5) is 8.29. The maximum atomic E-state index is 5.79. The first-order valence-corrected chi connectivity index (χ1v) is 8.70. The molecule has 0 atom stereocenters. The Labute approximate surface area is 176 Å². The number of ether oxygens (including phenoxy) is 1. The molecule has 0 spiro atoms. The van der Waals surface area contributed by atoms with Gasteiger partial charge < -0.3 is 19.9 Å². The highest BCUT2D eigenvalue weighted by atomic mass is 127. The van der Waals surface area contributed by atoms with Gasteiger partial charge in [0.05, 0.1) is 17.3 Å². The molecule has 2 heterocycles. The normalized spacial score (nSPS) is 11.0. The number of aryl methyl sites for hydroxylation is 2. The van der Waals surface area contributed by atoms with Gasteiger partial charge in [0, 0.05) is 37.8 Å². The van der Waals surface area contributed by atoms with Crippen molar-refractivity contribution in [3.8, 4) is 5.88 Å². The molecule has 0 amide bonds. The molecule has 144 valence electrons. The van der Waals surface area contributed by atoms with Crippen LogP contribution in [-0.4, -0.2) is 36.3 Å². The summed E-state index contributed by atoms with van der Waals surface area (Å²) in [5.41, 5.74) is 2.09. The van der Waals surface area contributed by atoms with Crippen LogP contribution in [0.4, 0.5) is 0 Å². The minimum atomic E-state index is 0. The lowest BCUT2D eigenvalue weighted by molar-refractivity contribution is 0.309. The molecule has 0 bridgehead atoms. The molecule has 0 aliphatic heterocycles. The number of nitrogens with zero attached hydrogens (tertiary/aromatic N) is 3. The predicted octanol–water partition coefficient (Wildman–Crippen LogP) is 3.21. The van der Waals surface area contributed by atoms with Crippen LogP contribution >= 0.6 is 35.6 Å². The molecular formula is C17H25ClIN5O2. The number of hydrogen-bond donors (Lipinski definition) is 2. The maximum absolute atomic E-state index is 5.79. The van der Waals surface area contributed by atoms with Gasteiger partial charge in [-0.15, -0.1) is 24.0 Å². The van der Waals surface area contributed by atoms with Crippen LogP contribution in [0.15, 0.2) is 27.8 Å². The van der Waals surface area contributed by atoms with E-state index in [1.165, 1.54) is 0 Å². The minimum absolute atomic E-state index is 0. The van der Waals surface area contributed by atoms with Crippen LogP contribution in [0.5, 0.6) is 5.88 Å². The first-order chi connectivity index (χ1) is 12.2. The third-order valence-corrected chi connectivity index (χ3v) is 3.83. The highest BCUT2D eigenvalue weighted by Crippen LogP contribution is 2.15. The van der Waals surface area contributed by atoms with E-state index in [0.29, 0.717) is 36.6 Å². The third-order valence-electron chi connectivity index (χ3n) is 3.61. The first-order valence-electron chi connectivity index (χ1n) is 8.33. The van der Waals surface area contributed by atoms with Crippen LogP contribution in [0.1, 0.15) is 30.9 Å². The van der Waals surface area contributed by atoms with Crippen LogP contribution in [0.2, 0.25) is 5.02 Å². The quantitative estimate of drug-likeness (QED) is 0.254. The van der Waals surface area contributed by atoms with Crippen molar-refractivity contribution in [3.63, 3.8) is 0 Å². The molecule has 0 saturated carbocycles. The van der Waals surface area contributed by atoms with Gasteiger partial charge in [-0.05, 0) is 12.5 Å². The fourth-order valence-electron chi connectivity index (χ4n) is 2.30. The number of nitrogens with one attached hydrogen (secondary N) is 2. The molecule has 2 rings (SSSR count). The van der Waals surface area contributed by atoms with Gasteiger partial charge in [0.15, 0.2) is 5.96 Å². The van der Waals surface area contributed by atoms with Crippen LogP contribution in [0, 0.1) is 0 Å². The number of halogens is 2. The van der Waals surface area contributed by atoms with E-state index in [1.807, 2.05) is 0 Å². The Morgan fingerprint density at radius 1 is 1.27 bits per heavy atom. The Morgan fingerprint density at radius 2 is 2.08 bits per heavy atom. The number of rotatable bonds is 8. The number of aromatic nitrogens is 2. The lowest BCUT2D eigenvalue weighted by Gasteiger charge is -2.12. The molecule has 0 aromatic carbocycles. The van der Waals surface area contributed by atoms with Crippen LogP contribution in [0.25, 0.3) is 0 Å². The predicted molar refractivity (Wildman–Crippen MR) is 114 cm³/mol. The number of pyridine rings is 1. The van der Waals surface area contributed by atoms with Gasteiger partial charge in [0.2, 0.25) is 5.88 Å². The Hall–Kier alpha value is -1.55. The minimum Gasteiger partial charge on any atom is -0.476 e. The smallest absolute Gasteiger partial charge is 0.213 e. The fraction of sp³-hybridized carbons (Fsp3) is 0.471. The van der Waals surface area contributed by atoms with Crippen molar-refractivity contribution in [2.24, 2.45) is 4.99 Å². The zero-order valence-corrected chi connectivity index (χ0v) is 18.3. The second-order valence-corrected chi connectivity index (χ2v) is 5.69. The average molecular weight is 494 g/mol. The third kappa shape index (κ3) is 6.64. The van der Waals surface area contributed by atoms with Crippen molar-refractivity contribution < 1.29 is 9.26 Å². The van der Waals surface area contributed by atoms with Crippen molar-refractivity contribution in [1.29, 1.82) is 0 Å². The van der Waals surface area contributed by atoms with E-state index in [4.69, 9.17) is 20.9 Å². The van der Waals surface area contributed by atoms with Crippen molar-refractivity contribution in [1.82, 2.24) is 20.8 Å². The molecule has 26 heavy (non-hydrogen) atoms. The standard InChI is InChI=1S/C17H24ClN5O2.HI/c1-4-14-13(15(5-2)25-23-14)11-22-17(19-3)20-8-9-24-16-7-6-12(18)10-21-16;/h6-7,10H,4-5,8-9,11H2,1-3H3,(H2,19,20,22);1H. The number of aliphatic imine (C=N–C) groups is 1. The van der Waals surface area contributed by atoms with E-state index in [0.717, 1.165) is 29.9 Å². The molecule has 0 unspecified atom stereocenters. The van der Waals surface area contributed by atoms with E-state index in [1.54, 1.807) is 25.4 Å². The molecule has 0 radical (unpaired) electrons. The Morgan fingerprint density at radius 3 is 2.69 bits per heavy atom. The highest BCUT2D eigenvalue weighted by molar-refractivity contribution is 14.0. The summed E-state index contributed by atoms with van der Waals surface area (Å²) in [6.07, 6.45) is 3.22. The van der Waals surface area contributed by atoms with Gasteiger partial charge in [-0.2, -0.15) is 0 Å². The zero-order valence-electron chi connectivity index (χ0n) is 15.2. The largest absolute Gasteiger partial charge is 0.476 e. The van der Waals surface area contributed by atoms with Crippen molar-refractivity contribution >= 4 is 41.5 Å². The molecule has 9 heteroatoms. The Bertz CT molecular complexity index is 669. The first kappa shape index (κ1) is 22.5. The van der Waals surface area contributed by atoms with Crippen molar-refractivity contribution in [3.05, 3.63) is 40.4 Å². The van der Waals surface area contributed by atoms with Gasteiger partial charge in [0.1, 0.15) is 12.4 Å². The molecule has 7 nitrogen and oxygen atoms in total. The van der Waals surface area contributed by atoms with Gasteiger partial charge >= 0.3 is 0 Å². The maximum Gasteiger partial charge on any atom is 0.213 e. The molecule has 0 saturated heterocycles. The van der Waals surface area contributed by atoms with E-state index >= 15 is 0 Å². The Kier molecular flexibility index (Phi) is 10.3. The van der Waals surface area contributed by atoms with Crippen LogP contribution in [0.3, 0.4) is 0 Å². The fourth-order valence-corrected chi connectivity index (χ4v) is 2.41. The number of guanidine groups is 1. The summed E-state index contributed by atoms with van der Waals surface area (Å²) in [7, 11) is 1.73. The summed E-state index contributed by atoms with van der Waals surface area (Å²) < 4.78 is 10.9. The molecular weight excluding hydrogens is 469 g/mol. The summed E-state index contributed by atoms with van der Waals surface area (Å²) in [5, 5.41) is 11.2. The summed E-state index contributed by atoms with van der Waals surface area (Å²) in [6.45, 7) is 5.79. The van der Waals surface area contributed by atoms with Gasteiger partial charge in [0.25, 0.3) is 0 Å². The summed E-state index contributed by atoms with van der Waals surface area (Å²) in [5.74, 6) is 2.15. The topological polar surface area (TPSA) is 84.6 Å². The van der Waals surface area contributed by atoms with Crippen molar-refractivity contribution in [2.75, 3.05) is 20.2 Å².